The van der Waals surface area contributed by atoms with Crippen molar-refractivity contribution < 1.29 is 14.3 Å². The maximum absolute atomic E-state index is 12.5. The number of pyridine rings is 1. The lowest BCUT2D eigenvalue weighted by Gasteiger charge is -2.62. The zero-order valence-electron chi connectivity index (χ0n) is 20.1. The van der Waals surface area contributed by atoms with Crippen LogP contribution in [0.3, 0.4) is 0 Å². The molecule has 1 saturated heterocycles. The van der Waals surface area contributed by atoms with Crippen LogP contribution in [0, 0.1) is 28.6 Å². The first-order chi connectivity index (χ1) is 15.4. The van der Waals surface area contributed by atoms with Crippen LogP contribution in [0.1, 0.15) is 71.3 Å². The van der Waals surface area contributed by atoms with E-state index in [2.05, 4.69) is 35.9 Å². The lowest BCUT2D eigenvalue weighted by Crippen LogP contribution is -2.61. The molecule has 3 fully saturated rings. The summed E-state index contributed by atoms with van der Waals surface area (Å²) in [5.41, 5.74) is 3.11. The van der Waals surface area contributed by atoms with Gasteiger partial charge >= 0.3 is 6.09 Å². The quantitative estimate of drug-likeness (QED) is 0.585. The Morgan fingerprint density at radius 1 is 1.19 bits per heavy atom. The number of aromatic nitrogens is 1. The molecule has 0 aromatic carbocycles. The van der Waals surface area contributed by atoms with E-state index in [1.807, 2.05) is 19.3 Å². The van der Waals surface area contributed by atoms with E-state index in [1.165, 1.54) is 43.9 Å². The molecule has 1 amide bonds. The normalized spacial score (nSPS) is 38.2. The number of nitrogens with zero attached hydrogens (tertiary/aromatic N) is 2. The number of methoxy groups -OCH3 is 1. The average Bonchev–Trinajstić information content (AvgIpc) is 3.15. The molecular weight excluding hydrogens is 400 g/mol. The number of carbonyl (C=O) groups is 1. The number of ether oxygens (including phenoxy) is 2. The summed E-state index contributed by atoms with van der Waals surface area (Å²) in [7, 11) is 1.52. The van der Waals surface area contributed by atoms with E-state index in [0.29, 0.717) is 24.5 Å². The highest BCUT2D eigenvalue weighted by atomic mass is 16.5. The fourth-order valence-electron chi connectivity index (χ4n) is 8.25. The Hall–Kier alpha value is -2.04. The summed E-state index contributed by atoms with van der Waals surface area (Å²) in [5.74, 6) is 2.96. The van der Waals surface area contributed by atoms with Crippen LogP contribution in [0.15, 0.2) is 24.5 Å². The van der Waals surface area contributed by atoms with Gasteiger partial charge in [0.15, 0.2) is 0 Å². The molecule has 0 spiro atoms. The van der Waals surface area contributed by atoms with E-state index in [1.54, 1.807) is 0 Å². The molecule has 0 N–H and O–H groups in total. The maximum atomic E-state index is 12.5. The van der Waals surface area contributed by atoms with Gasteiger partial charge in [0.1, 0.15) is 5.75 Å². The van der Waals surface area contributed by atoms with Crippen LogP contribution in [0.2, 0.25) is 0 Å². The van der Waals surface area contributed by atoms with E-state index in [-0.39, 0.29) is 16.9 Å². The molecule has 1 aromatic rings. The smallest absolute Gasteiger partial charge is 0.409 e. The molecule has 2 saturated carbocycles. The molecule has 174 valence electrons. The van der Waals surface area contributed by atoms with Gasteiger partial charge in [-0.15, -0.1) is 0 Å². The minimum absolute atomic E-state index is 0.133. The summed E-state index contributed by atoms with van der Waals surface area (Å²) >= 11 is 0. The van der Waals surface area contributed by atoms with Crippen LogP contribution in [0.5, 0.6) is 5.75 Å². The van der Waals surface area contributed by atoms with Gasteiger partial charge in [-0.2, -0.15) is 0 Å². The van der Waals surface area contributed by atoms with Gasteiger partial charge in [-0.05, 0) is 97.7 Å². The minimum atomic E-state index is -0.133. The third-order valence-corrected chi connectivity index (χ3v) is 9.63. The van der Waals surface area contributed by atoms with Crippen LogP contribution in [0.25, 0.3) is 5.57 Å². The first kappa shape index (κ1) is 21.8. The van der Waals surface area contributed by atoms with Crippen molar-refractivity contribution in [1.29, 1.82) is 0 Å². The van der Waals surface area contributed by atoms with Gasteiger partial charge < -0.3 is 14.4 Å². The van der Waals surface area contributed by atoms with Crippen LogP contribution >= 0.6 is 0 Å². The number of piperidine rings is 1. The molecule has 5 nitrogen and oxygen atoms in total. The molecule has 2 heterocycles. The van der Waals surface area contributed by atoms with Crippen LogP contribution in [-0.4, -0.2) is 42.3 Å². The molecule has 5 rings (SSSR count). The van der Waals surface area contributed by atoms with Crippen LogP contribution < -0.4 is 4.74 Å². The Morgan fingerprint density at radius 3 is 2.81 bits per heavy atom. The highest BCUT2D eigenvalue weighted by molar-refractivity contribution is 5.73. The molecule has 1 aromatic heterocycles. The molecule has 3 aliphatic carbocycles. The zero-order chi connectivity index (χ0) is 22.5. The van der Waals surface area contributed by atoms with Gasteiger partial charge in [0.05, 0.1) is 19.9 Å². The van der Waals surface area contributed by atoms with E-state index >= 15 is 0 Å². The van der Waals surface area contributed by atoms with E-state index in [9.17, 15) is 4.79 Å². The second-order valence-electron chi connectivity index (χ2n) is 10.9. The molecule has 4 aliphatic rings. The standard InChI is InChI=1S/C27H38N2O3/c1-5-32-19-15-18(16-28-17-19)21-8-9-22-20-7-10-24-27(3,23(20)11-13-26(21,22)2)12-6-14-29(24)25(30)31-4/h8,15-17,20,22-24H,5-7,9-14H2,1-4H3. The number of rotatable bonds is 3. The number of carbonyl (C=O) groups excluding carboxylic acids is 1. The summed E-state index contributed by atoms with van der Waals surface area (Å²) < 4.78 is 10.9. The van der Waals surface area contributed by atoms with Crippen molar-refractivity contribution in [2.24, 2.45) is 28.6 Å². The summed E-state index contributed by atoms with van der Waals surface area (Å²) in [6.45, 7) is 8.50. The third-order valence-electron chi connectivity index (χ3n) is 9.63. The molecule has 32 heavy (non-hydrogen) atoms. The Kier molecular flexibility index (Phi) is 5.50. The summed E-state index contributed by atoms with van der Waals surface area (Å²) in [6, 6.07) is 2.51. The fraction of sp³-hybridized carbons (Fsp3) is 0.704. The number of likely N-dealkylation sites (tertiary alicyclic amines) is 1. The van der Waals surface area contributed by atoms with Crippen molar-refractivity contribution in [1.82, 2.24) is 9.88 Å². The number of hydrogen-bond donors (Lipinski definition) is 0. The fourth-order valence-corrected chi connectivity index (χ4v) is 8.25. The van der Waals surface area contributed by atoms with E-state index in [0.717, 1.165) is 37.5 Å². The Labute approximate surface area is 192 Å². The van der Waals surface area contributed by atoms with Crippen LogP contribution in [-0.2, 0) is 4.74 Å². The molecule has 6 atom stereocenters. The van der Waals surface area contributed by atoms with Crippen molar-refractivity contribution in [3.05, 3.63) is 30.1 Å². The molecule has 6 unspecified atom stereocenters. The van der Waals surface area contributed by atoms with E-state index < -0.39 is 0 Å². The van der Waals surface area contributed by atoms with Gasteiger partial charge in [0, 0.05) is 18.8 Å². The lowest BCUT2D eigenvalue weighted by molar-refractivity contribution is -0.109. The largest absolute Gasteiger partial charge is 0.492 e. The summed E-state index contributed by atoms with van der Waals surface area (Å²) in [6.07, 6.45) is 14.5. The highest BCUT2D eigenvalue weighted by Crippen LogP contribution is 2.66. The SMILES string of the molecule is CCOc1cncc(C2=CCC3C4CCC5N(C(=O)OC)CCCC5(C)C4CCC23C)c1. The number of hydrogen-bond acceptors (Lipinski definition) is 4. The van der Waals surface area contributed by atoms with Gasteiger partial charge in [0.25, 0.3) is 0 Å². The van der Waals surface area contributed by atoms with Gasteiger partial charge in [-0.25, -0.2) is 4.79 Å². The first-order valence-corrected chi connectivity index (χ1v) is 12.6. The molecule has 0 radical (unpaired) electrons. The predicted octanol–water partition coefficient (Wildman–Crippen LogP) is 5.95. The Balaban J connectivity index is 1.41. The van der Waals surface area contributed by atoms with Crippen LogP contribution in [0.4, 0.5) is 4.79 Å². The van der Waals surface area contributed by atoms with E-state index in [4.69, 9.17) is 9.47 Å². The van der Waals surface area contributed by atoms with Gasteiger partial charge in [-0.1, -0.05) is 19.9 Å². The van der Waals surface area contributed by atoms with Crippen molar-refractivity contribution >= 4 is 11.7 Å². The molecule has 1 aliphatic heterocycles. The Morgan fingerprint density at radius 2 is 2.03 bits per heavy atom. The topological polar surface area (TPSA) is 51.7 Å². The number of amides is 1. The number of allylic oxidation sites excluding steroid dienone is 2. The Bertz CT molecular complexity index is 914. The van der Waals surface area contributed by atoms with Gasteiger partial charge in [0.2, 0.25) is 0 Å². The monoisotopic (exact) mass is 438 g/mol. The predicted molar refractivity (Wildman–Crippen MR) is 125 cm³/mol. The average molecular weight is 439 g/mol. The summed E-state index contributed by atoms with van der Waals surface area (Å²) in [4.78, 5) is 19.0. The van der Waals surface area contributed by atoms with Crippen molar-refractivity contribution in [2.45, 2.75) is 71.8 Å². The minimum Gasteiger partial charge on any atom is -0.492 e. The molecular formula is C27H38N2O3. The molecule has 5 heteroatoms. The van der Waals surface area contributed by atoms with Crippen molar-refractivity contribution in [3.63, 3.8) is 0 Å². The maximum Gasteiger partial charge on any atom is 0.409 e. The zero-order valence-corrected chi connectivity index (χ0v) is 20.1. The first-order valence-electron chi connectivity index (χ1n) is 12.6. The summed E-state index contributed by atoms with van der Waals surface area (Å²) in [5, 5.41) is 0. The molecule has 0 bridgehead atoms. The van der Waals surface area contributed by atoms with Crippen molar-refractivity contribution in [3.8, 4) is 5.75 Å². The highest BCUT2D eigenvalue weighted by Gasteiger charge is 2.59. The van der Waals surface area contributed by atoms with Crippen molar-refractivity contribution in [2.75, 3.05) is 20.3 Å². The third kappa shape index (κ3) is 3.18. The lowest BCUT2D eigenvalue weighted by atomic mass is 9.46. The second kappa shape index (κ2) is 8.07. The van der Waals surface area contributed by atoms with Gasteiger partial charge in [-0.3, -0.25) is 4.98 Å². The number of fused-ring (bicyclic) bond motifs is 5. The second-order valence-corrected chi connectivity index (χ2v) is 10.9.